The van der Waals surface area contributed by atoms with Gasteiger partial charge in [0.05, 0.1) is 5.02 Å². The highest BCUT2D eigenvalue weighted by Gasteiger charge is 2.03. The van der Waals surface area contributed by atoms with Gasteiger partial charge in [0.1, 0.15) is 6.54 Å². The summed E-state index contributed by atoms with van der Waals surface area (Å²) in [4.78, 5) is 11.6. The second kappa shape index (κ2) is 4.86. The van der Waals surface area contributed by atoms with Crippen LogP contribution < -0.4 is 5.32 Å². The number of amides is 1. The molecule has 1 aromatic heterocycles. The van der Waals surface area contributed by atoms with Gasteiger partial charge in [-0.3, -0.25) is 4.79 Å². The van der Waals surface area contributed by atoms with Gasteiger partial charge in [0.25, 0.3) is 0 Å². The molecular formula is C12H11ClN2O. The summed E-state index contributed by atoms with van der Waals surface area (Å²) in [6.07, 6.45) is 3.49. The minimum Gasteiger partial charge on any atom is -0.343 e. The fraction of sp³-hybridized carbons (Fsp3) is 0.0833. The van der Waals surface area contributed by atoms with Gasteiger partial charge in [-0.25, -0.2) is 0 Å². The average Bonchev–Trinajstić information content (AvgIpc) is 2.65. The summed E-state index contributed by atoms with van der Waals surface area (Å²) in [7, 11) is 0. The molecule has 0 unspecified atom stereocenters. The first-order valence-corrected chi connectivity index (χ1v) is 5.28. The molecule has 0 aliphatic rings. The quantitative estimate of drug-likeness (QED) is 0.871. The Kier molecular flexibility index (Phi) is 3.27. The molecule has 0 saturated carbocycles. The molecule has 1 N–H and O–H groups in total. The molecule has 1 aromatic carbocycles. The van der Waals surface area contributed by atoms with E-state index in [0.717, 1.165) is 5.69 Å². The summed E-state index contributed by atoms with van der Waals surface area (Å²) in [5, 5.41) is 3.43. The number of hydrogen-bond acceptors (Lipinski definition) is 1. The Morgan fingerprint density at radius 3 is 2.62 bits per heavy atom. The van der Waals surface area contributed by atoms with Crippen LogP contribution >= 0.6 is 11.6 Å². The molecule has 0 spiro atoms. The zero-order valence-corrected chi connectivity index (χ0v) is 9.32. The Hall–Kier alpha value is -1.74. The Morgan fingerprint density at radius 1 is 1.25 bits per heavy atom. The maximum Gasteiger partial charge on any atom is 0.244 e. The summed E-state index contributed by atoms with van der Waals surface area (Å²) in [6, 6.07) is 11.1. The summed E-state index contributed by atoms with van der Waals surface area (Å²) in [5.74, 6) is -0.0709. The summed E-state index contributed by atoms with van der Waals surface area (Å²) in [6.45, 7) is 0.265. The van der Waals surface area contributed by atoms with Crippen LogP contribution in [0.1, 0.15) is 0 Å². The Morgan fingerprint density at radius 2 is 2.00 bits per heavy atom. The number of nitrogens with one attached hydrogen (secondary N) is 1. The second-order valence-corrected chi connectivity index (χ2v) is 3.85. The van der Waals surface area contributed by atoms with Crippen molar-refractivity contribution in [1.29, 1.82) is 0 Å². The molecular weight excluding hydrogens is 224 g/mol. The molecule has 4 heteroatoms. The van der Waals surface area contributed by atoms with Crippen molar-refractivity contribution in [2.75, 3.05) is 5.32 Å². The van der Waals surface area contributed by atoms with Gasteiger partial charge in [0.2, 0.25) is 5.91 Å². The van der Waals surface area contributed by atoms with E-state index in [0.29, 0.717) is 5.02 Å². The third-order valence-corrected chi connectivity index (χ3v) is 2.32. The maximum atomic E-state index is 11.6. The van der Waals surface area contributed by atoms with Crippen LogP contribution in [0.2, 0.25) is 5.02 Å². The van der Waals surface area contributed by atoms with Crippen molar-refractivity contribution >= 4 is 23.2 Å². The van der Waals surface area contributed by atoms with E-state index in [1.807, 2.05) is 30.3 Å². The SMILES string of the molecule is O=C(Cn1ccc(Cl)c1)Nc1ccccc1. The molecule has 0 fully saturated rings. The zero-order valence-electron chi connectivity index (χ0n) is 8.56. The van der Waals surface area contributed by atoms with Gasteiger partial charge in [-0.15, -0.1) is 0 Å². The van der Waals surface area contributed by atoms with Gasteiger partial charge < -0.3 is 9.88 Å². The third kappa shape index (κ3) is 2.87. The maximum absolute atomic E-state index is 11.6. The molecule has 2 aromatic rings. The van der Waals surface area contributed by atoms with Gasteiger partial charge in [-0.1, -0.05) is 29.8 Å². The second-order valence-electron chi connectivity index (χ2n) is 3.42. The molecule has 82 valence electrons. The van der Waals surface area contributed by atoms with Crippen LogP contribution in [0.15, 0.2) is 48.8 Å². The lowest BCUT2D eigenvalue weighted by molar-refractivity contribution is -0.116. The van der Waals surface area contributed by atoms with Crippen LogP contribution in [0, 0.1) is 0 Å². The Labute approximate surface area is 98.7 Å². The number of anilines is 1. The van der Waals surface area contributed by atoms with Crippen molar-refractivity contribution in [3.8, 4) is 0 Å². The van der Waals surface area contributed by atoms with Gasteiger partial charge in [-0.2, -0.15) is 0 Å². The summed E-state index contributed by atoms with van der Waals surface area (Å²) < 4.78 is 1.74. The number of hydrogen-bond donors (Lipinski definition) is 1. The van der Waals surface area contributed by atoms with Crippen LogP contribution in [0.3, 0.4) is 0 Å². The van der Waals surface area contributed by atoms with Crippen LogP contribution in [-0.2, 0) is 11.3 Å². The number of carbonyl (C=O) groups excluding carboxylic acids is 1. The molecule has 0 saturated heterocycles. The molecule has 16 heavy (non-hydrogen) atoms. The number of benzene rings is 1. The minimum atomic E-state index is -0.0709. The van der Waals surface area contributed by atoms with E-state index < -0.39 is 0 Å². The van der Waals surface area contributed by atoms with Crippen molar-refractivity contribution in [3.63, 3.8) is 0 Å². The van der Waals surface area contributed by atoms with E-state index in [4.69, 9.17) is 11.6 Å². The molecule has 0 aliphatic carbocycles. The molecule has 0 atom stereocenters. The number of para-hydroxylation sites is 1. The summed E-state index contributed by atoms with van der Waals surface area (Å²) >= 11 is 5.75. The van der Waals surface area contributed by atoms with E-state index in [2.05, 4.69) is 5.32 Å². The molecule has 2 rings (SSSR count). The fourth-order valence-corrected chi connectivity index (χ4v) is 1.58. The predicted octanol–water partition coefficient (Wildman–Crippen LogP) is 2.78. The van der Waals surface area contributed by atoms with E-state index in [-0.39, 0.29) is 12.5 Å². The van der Waals surface area contributed by atoms with Crippen molar-refractivity contribution in [2.24, 2.45) is 0 Å². The lowest BCUT2D eigenvalue weighted by Gasteiger charge is -2.05. The van der Waals surface area contributed by atoms with Gasteiger partial charge in [-0.05, 0) is 18.2 Å². The number of aromatic nitrogens is 1. The smallest absolute Gasteiger partial charge is 0.244 e. The van der Waals surface area contributed by atoms with Crippen LogP contribution in [-0.4, -0.2) is 10.5 Å². The van der Waals surface area contributed by atoms with Gasteiger partial charge in [0, 0.05) is 18.1 Å². The first-order valence-electron chi connectivity index (χ1n) is 4.90. The van der Waals surface area contributed by atoms with Gasteiger partial charge in [0.15, 0.2) is 0 Å². The average molecular weight is 235 g/mol. The minimum absolute atomic E-state index is 0.0709. The molecule has 0 bridgehead atoms. The van der Waals surface area contributed by atoms with Crippen LogP contribution in [0.25, 0.3) is 0 Å². The van der Waals surface area contributed by atoms with Gasteiger partial charge >= 0.3 is 0 Å². The molecule has 0 radical (unpaired) electrons. The van der Waals surface area contributed by atoms with E-state index >= 15 is 0 Å². The lowest BCUT2D eigenvalue weighted by Crippen LogP contribution is -2.17. The summed E-state index contributed by atoms with van der Waals surface area (Å²) in [5.41, 5.74) is 0.797. The Bertz CT molecular complexity index is 479. The van der Waals surface area contributed by atoms with Crippen molar-refractivity contribution in [2.45, 2.75) is 6.54 Å². The first-order chi connectivity index (χ1) is 7.74. The molecule has 1 heterocycles. The van der Waals surface area contributed by atoms with Crippen LogP contribution in [0.5, 0.6) is 0 Å². The standard InChI is InChI=1S/C12H11ClN2O/c13-10-6-7-15(8-10)9-12(16)14-11-4-2-1-3-5-11/h1-8H,9H2,(H,14,16). The third-order valence-electron chi connectivity index (χ3n) is 2.10. The van der Waals surface area contributed by atoms with Crippen molar-refractivity contribution in [1.82, 2.24) is 4.57 Å². The first kappa shape index (κ1) is 10.8. The molecule has 3 nitrogen and oxygen atoms in total. The normalized spacial score (nSPS) is 10.1. The number of rotatable bonds is 3. The highest BCUT2D eigenvalue weighted by atomic mass is 35.5. The molecule has 1 amide bonds. The Balaban J connectivity index is 1.95. The number of nitrogens with zero attached hydrogens (tertiary/aromatic N) is 1. The number of halogens is 1. The van der Waals surface area contributed by atoms with Crippen molar-refractivity contribution < 1.29 is 4.79 Å². The number of carbonyl (C=O) groups is 1. The monoisotopic (exact) mass is 234 g/mol. The predicted molar refractivity (Wildman–Crippen MR) is 64.5 cm³/mol. The zero-order chi connectivity index (χ0) is 11.4. The largest absolute Gasteiger partial charge is 0.343 e. The highest BCUT2D eigenvalue weighted by Crippen LogP contribution is 2.09. The highest BCUT2D eigenvalue weighted by molar-refractivity contribution is 6.30. The van der Waals surface area contributed by atoms with E-state index in [1.165, 1.54) is 0 Å². The molecule has 0 aliphatic heterocycles. The van der Waals surface area contributed by atoms with E-state index in [1.54, 1.807) is 23.0 Å². The lowest BCUT2D eigenvalue weighted by atomic mass is 10.3. The van der Waals surface area contributed by atoms with E-state index in [9.17, 15) is 4.79 Å². The fourth-order valence-electron chi connectivity index (χ4n) is 1.40. The van der Waals surface area contributed by atoms with Crippen molar-refractivity contribution in [3.05, 3.63) is 53.8 Å². The topological polar surface area (TPSA) is 34.0 Å². The van der Waals surface area contributed by atoms with Crippen LogP contribution in [0.4, 0.5) is 5.69 Å².